The summed E-state index contributed by atoms with van der Waals surface area (Å²) < 4.78 is 0. The average molecular weight is 297 g/mol. The van der Waals surface area contributed by atoms with E-state index in [2.05, 4.69) is 15.3 Å². The van der Waals surface area contributed by atoms with Crippen molar-refractivity contribution in [2.24, 2.45) is 0 Å². The number of thioether (sulfide) groups is 1. The maximum absolute atomic E-state index is 11.6. The molecule has 0 fully saturated rings. The van der Waals surface area contributed by atoms with Gasteiger partial charge in [0, 0.05) is 12.5 Å². The molecule has 1 aromatic heterocycles. The normalized spacial score (nSPS) is 10.7. The molecule has 0 aliphatic heterocycles. The highest BCUT2D eigenvalue weighted by Crippen LogP contribution is 2.23. The molecule has 0 aromatic carbocycles. The van der Waals surface area contributed by atoms with Crippen molar-refractivity contribution < 1.29 is 14.7 Å². The number of carboxylic acids is 1. The van der Waals surface area contributed by atoms with Crippen LogP contribution in [0.4, 0.5) is 0 Å². The third kappa shape index (κ3) is 4.48. The van der Waals surface area contributed by atoms with Crippen molar-refractivity contribution in [1.29, 1.82) is 0 Å². The summed E-state index contributed by atoms with van der Waals surface area (Å²) in [5.41, 5.74) is 0.501. The number of amides is 1. The summed E-state index contributed by atoms with van der Waals surface area (Å²) in [6.07, 6.45) is 0.618. The van der Waals surface area contributed by atoms with Crippen LogP contribution in [-0.4, -0.2) is 38.7 Å². The molecule has 1 amide bonds. The quantitative estimate of drug-likeness (QED) is 0.613. The van der Waals surface area contributed by atoms with Gasteiger partial charge in [-0.2, -0.15) is 0 Å². The van der Waals surface area contributed by atoms with Crippen LogP contribution in [0.15, 0.2) is 5.03 Å². The van der Waals surface area contributed by atoms with Gasteiger partial charge in [-0.1, -0.05) is 18.7 Å². The van der Waals surface area contributed by atoms with Crippen LogP contribution in [0.5, 0.6) is 0 Å². The van der Waals surface area contributed by atoms with Crippen molar-refractivity contribution in [2.75, 3.05) is 5.75 Å². The number of nitrogens with one attached hydrogen (secondary N) is 1. The van der Waals surface area contributed by atoms with Gasteiger partial charge < -0.3 is 10.4 Å². The number of rotatable bonds is 6. The van der Waals surface area contributed by atoms with E-state index in [-0.39, 0.29) is 23.3 Å². The van der Waals surface area contributed by atoms with Crippen LogP contribution in [0.1, 0.15) is 42.6 Å². The van der Waals surface area contributed by atoms with Gasteiger partial charge in [0.15, 0.2) is 0 Å². The van der Waals surface area contributed by atoms with E-state index < -0.39 is 5.97 Å². The summed E-state index contributed by atoms with van der Waals surface area (Å²) in [7, 11) is 0. The molecule has 0 aliphatic carbocycles. The van der Waals surface area contributed by atoms with Crippen molar-refractivity contribution in [1.82, 2.24) is 15.3 Å². The zero-order valence-corrected chi connectivity index (χ0v) is 12.9. The number of carbonyl (C=O) groups excluding carboxylic acids is 1. The Bertz CT molecular complexity index is 518. The monoisotopic (exact) mass is 297 g/mol. The predicted octanol–water partition coefficient (Wildman–Crippen LogP) is 1.66. The van der Waals surface area contributed by atoms with E-state index in [0.717, 1.165) is 11.8 Å². The van der Waals surface area contributed by atoms with Crippen LogP contribution in [0, 0.1) is 6.92 Å². The first-order valence-corrected chi connectivity index (χ1v) is 7.36. The van der Waals surface area contributed by atoms with Crippen molar-refractivity contribution in [3.63, 3.8) is 0 Å². The van der Waals surface area contributed by atoms with Gasteiger partial charge in [-0.15, -0.1) is 0 Å². The number of carboxylic acid groups (broad SMARTS) is 1. The van der Waals surface area contributed by atoms with Crippen LogP contribution in [0.25, 0.3) is 0 Å². The second-order valence-electron chi connectivity index (χ2n) is 4.57. The van der Waals surface area contributed by atoms with Crippen LogP contribution in [-0.2, 0) is 11.2 Å². The number of aryl methyl sites for hydroxylation is 2. The predicted molar refractivity (Wildman–Crippen MR) is 77.1 cm³/mol. The number of carbonyl (C=O) groups is 2. The van der Waals surface area contributed by atoms with Crippen LogP contribution >= 0.6 is 11.8 Å². The van der Waals surface area contributed by atoms with Crippen LogP contribution in [0.3, 0.4) is 0 Å². The van der Waals surface area contributed by atoms with Crippen LogP contribution in [0.2, 0.25) is 0 Å². The van der Waals surface area contributed by atoms with Crippen molar-refractivity contribution in [3.05, 3.63) is 17.1 Å². The van der Waals surface area contributed by atoms with E-state index in [4.69, 9.17) is 0 Å². The zero-order chi connectivity index (χ0) is 15.3. The Balaban J connectivity index is 2.95. The third-order valence-electron chi connectivity index (χ3n) is 2.42. The lowest BCUT2D eigenvalue weighted by Gasteiger charge is -2.10. The van der Waals surface area contributed by atoms with E-state index >= 15 is 0 Å². The van der Waals surface area contributed by atoms with Gasteiger partial charge in [-0.3, -0.25) is 4.79 Å². The van der Waals surface area contributed by atoms with E-state index in [1.165, 1.54) is 0 Å². The molecule has 0 radical (unpaired) electrons. The van der Waals surface area contributed by atoms with Gasteiger partial charge in [0.1, 0.15) is 16.4 Å². The second kappa shape index (κ2) is 7.23. The van der Waals surface area contributed by atoms with Crippen molar-refractivity contribution in [2.45, 2.75) is 45.2 Å². The topological polar surface area (TPSA) is 92.2 Å². The van der Waals surface area contributed by atoms with Crippen molar-refractivity contribution >= 4 is 23.6 Å². The Morgan fingerprint density at radius 3 is 2.50 bits per heavy atom. The standard InChI is InChI=1S/C13H19N3O3S/c1-5-9-15-8(4)11(13(18)19)12(16-9)20-6-10(17)14-7(2)3/h7H,5-6H2,1-4H3,(H,14,17)(H,18,19). The lowest BCUT2D eigenvalue weighted by atomic mass is 10.2. The first kappa shape index (κ1) is 16.4. The molecular weight excluding hydrogens is 278 g/mol. The molecule has 6 nitrogen and oxygen atoms in total. The fraction of sp³-hybridized carbons (Fsp3) is 0.538. The lowest BCUT2D eigenvalue weighted by molar-refractivity contribution is -0.119. The number of aromatic carboxylic acids is 1. The summed E-state index contributed by atoms with van der Waals surface area (Å²) in [6, 6.07) is 0.0559. The van der Waals surface area contributed by atoms with Gasteiger partial charge in [-0.25, -0.2) is 14.8 Å². The highest BCUT2D eigenvalue weighted by molar-refractivity contribution is 8.00. The molecule has 0 spiro atoms. The van der Waals surface area contributed by atoms with Gasteiger partial charge in [0.05, 0.1) is 11.4 Å². The minimum atomic E-state index is -1.07. The largest absolute Gasteiger partial charge is 0.478 e. The smallest absolute Gasteiger partial charge is 0.340 e. The van der Waals surface area contributed by atoms with E-state index in [0.29, 0.717) is 23.0 Å². The molecule has 1 rings (SSSR count). The second-order valence-corrected chi connectivity index (χ2v) is 5.54. The third-order valence-corrected chi connectivity index (χ3v) is 3.40. The highest BCUT2D eigenvalue weighted by Gasteiger charge is 2.19. The molecule has 0 aliphatic rings. The molecule has 110 valence electrons. The molecular formula is C13H19N3O3S. The van der Waals surface area contributed by atoms with E-state index in [1.807, 2.05) is 20.8 Å². The summed E-state index contributed by atoms with van der Waals surface area (Å²) in [6.45, 7) is 7.28. The minimum absolute atomic E-state index is 0.0559. The molecule has 7 heteroatoms. The summed E-state index contributed by atoms with van der Waals surface area (Å²) >= 11 is 1.13. The van der Waals surface area contributed by atoms with Gasteiger partial charge in [0.2, 0.25) is 5.91 Å². The Kier molecular flexibility index (Phi) is 5.94. The molecule has 0 saturated heterocycles. The molecule has 0 bridgehead atoms. The summed E-state index contributed by atoms with van der Waals surface area (Å²) in [5.74, 6) is -0.496. The summed E-state index contributed by atoms with van der Waals surface area (Å²) in [5, 5.41) is 12.3. The molecule has 1 heterocycles. The highest BCUT2D eigenvalue weighted by atomic mass is 32.2. The fourth-order valence-corrected chi connectivity index (χ4v) is 2.51. The van der Waals surface area contributed by atoms with E-state index in [9.17, 15) is 14.7 Å². The molecule has 20 heavy (non-hydrogen) atoms. The Morgan fingerprint density at radius 1 is 1.35 bits per heavy atom. The zero-order valence-electron chi connectivity index (χ0n) is 12.1. The van der Waals surface area contributed by atoms with E-state index in [1.54, 1.807) is 6.92 Å². The molecule has 2 N–H and O–H groups in total. The number of nitrogens with zero attached hydrogens (tertiary/aromatic N) is 2. The maximum atomic E-state index is 11.6. The molecule has 0 atom stereocenters. The number of hydrogen-bond acceptors (Lipinski definition) is 5. The summed E-state index contributed by atoms with van der Waals surface area (Å²) in [4.78, 5) is 31.3. The maximum Gasteiger partial charge on any atom is 0.340 e. The first-order chi connectivity index (χ1) is 9.35. The molecule has 1 aromatic rings. The number of aromatic nitrogens is 2. The van der Waals surface area contributed by atoms with Gasteiger partial charge >= 0.3 is 5.97 Å². The minimum Gasteiger partial charge on any atom is -0.478 e. The van der Waals surface area contributed by atoms with Crippen LogP contribution < -0.4 is 5.32 Å². The Labute approximate surface area is 122 Å². The van der Waals surface area contributed by atoms with Gasteiger partial charge in [0.25, 0.3) is 0 Å². The van der Waals surface area contributed by atoms with Crippen molar-refractivity contribution in [3.8, 4) is 0 Å². The Hall–Kier alpha value is -1.63. The lowest BCUT2D eigenvalue weighted by Crippen LogP contribution is -2.31. The fourth-order valence-electron chi connectivity index (χ4n) is 1.61. The first-order valence-electron chi connectivity index (χ1n) is 6.38. The van der Waals surface area contributed by atoms with Gasteiger partial charge in [-0.05, 0) is 20.8 Å². The SMILES string of the molecule is CCc1nc(C)c(C(=O)O)c(SCC(=O)NC(C)C)n1. The molecule has 0 saturated carbocycles. The number of hydrogen-bond donors (Lipinski definition) is 2. The average Bonchev–Trinajstić information content (AvgIpc) is 2.34. The molecule has 0 unspecified atom stereocenters. The Morgan fingerprint density at radius 2 is 2.00 bits per heavy atom.